The zero-order valence-electron chi connectivity index (χ0n) is 12.4. The van der Waals surface area contributed by atoms with Crippen LogP contribution in [0.3, 0.4) is 0 Å². The van der Waals surface area contributed by atoms with Gasteiger partial charge in [0, 0.05) is 42.9 Å². The van der Waals surface area contributed by atoms with E-state index < -0.39 is 0 Å². The molecular formula is C17H20N2O2S. The van der Waals surface area contributed by atoms with Gasteiger partial charge in [0.25, 0.3) is 0 Å². The van der Waals surface area contributed by atoms with Gasteiger partial charge in [0.1, 0.15) is 12.2 Å². The molecule has 2 aliphatic heterocycles. The van der Waals surface area contributed by atoms with Gasteiger partial charge < -0.3 is 9.47 Å². The van der Waals surface area contributed by atoms with Crippen molar-refractivity contribution < 1.29 is 9.47 Å². The van der Waals surface area contributed by atoms with E-state index in [-0.39, 0.29) is 12.2 Å². The minimum absolute atomic E-state index is 0.113. The Morgan fingerprint density at radius 3 is 3.09 bits per heavy atom. The molecule has 0 bridgehead atoms. The molecule has 5 heteroatoms. The molecule has 2 saturated heterocycles. The highest BCUT2D eigenvalue weighted by Gasteiger charge is 2.43. The maximum absolute atomic E-state index is 6.09. The fourth-order valence-corrected chi connectivity index (χ4v) is 4.20. The highest BCUT2D eigenvalue weighted by Crippen LogP contribution is 2.32. The molecular weight excluding hydrogens is 296 g/mol. The zero-order valence-corrected chi connectivity index (χ0v) is 13.2. The quantitative estimate of drug-likeness (QED) is 0.868. The first-order chi connectivity index (χ1) is 10.9. The van der Waals surface area contributed by atoms with Crippen LogP contribution >= 0.6 is 11.3 Å². The van der Waals surface area contributed by atoms with Crippen molar-refractivity contribution in [3.63, 3.8) is 0 Å². The largest absolute Gasteiger partial charge is 0.471 e. The molecule has 0 amide bonds. The number of rotatable bonds is 4. The molecule has 3 atom stereocenters. The van der Waals surface area contributed by atoms with Crippen molar-refractivity contribution in [1.82, 2.24) is 9.88 Å². The minimum atomic E-state index is 0.113. The molecule has 2 fully saturated rings. The van der Waals surface area contributed by atoms with E-state index in [1.54, 1.807) is 6.20 Å². The third-order valence-electron chi connectivity index (χ3n) is 4.49. The van der Waals surface area contributed by atoms with Gasteiger partial charge in [-0.25, -0.2) is 4.98 Å². The Balaban J connectivity index is 1.45. The standard InChI is InChI=1S/C17H20N2O2S/c1-2-8-18-16(5-1)21-15-6-9-19(12-13-4-3-11-22-13)14-7-10-20-17(14)15/h1-5,8,11,14-15,17H,6-7,9-10,12H2/t14-,15+,17-/m0/s1. The molecule has 2 aromatic rings. The van der Waals surface area contributed by atoms with Crippen LogP contribution in [0.5, 0.6) is 5.88 Å². The predicted molar refractivity (Wildman–Crippen MR) is 86.1 cm³/mol. The molecule has 4 nitrogen and oxygen atoms in total. The Hall–Kier alpha value is -1.43. The SMILES string of the molecule is c1ccc(O[C@@H]2CCN(Cc3cccs3)[C@H]3CCO[C@H]23)nc1. The monoisotopic (exact) mass is 316 g/mol. The van der Waals surface area contributed by atoms with Crippen molar-refractivity contribution in [3.8, 4) is 5.88 Å². The summed E-state index contributed by atoms with van der Waals surface area (Å²) in [7, 11) is 0. The molecule has 0 unspecified atom stereocenters. The Bertz CT molecular complexity index is 590. The molecule has 22 heavy (non-hydrogen) atoms. The minimum Gasteiger partial charge on any atom is -0.471 e. The number of hydrogen-bond donors (Lipinski definition) is 0. The summed E-state index contributed by atoms with van der Waals surface area (Å²) in [5.74, 6) is 0.702. The summed E-state index contributed by atoms with van der Waals surface area (Å²) in [6.07, 6.45) is 4.13. The van der Waals surface area contributed by atoms with Gasteiger partial charge in [-0.3, -0.25) is 4.90 Å². The van der Waals surface area contributed by atoms with Gasteiger partial charge in [-0.2, -0.15) is 0 Å². The van der Waals surface area contributed by atoms with E-state index in [9.17, 15) is 0 Å². The molecule has 116 valence electrons. The van der Waals surface area contributed by atoms with Crippen LogP contribution < -0.4 is 4.74 Å². The van der Waals surface area contributed by atoms with Crippen molar-refractivity contribution in [2.24, 2.45) is 0 Å². The second kappa shape index (κ2) is 6.36. The second-order valence-electron chi connectivity index (χ2n) is 5.85. The number of ether oxygens (including phenoxy) is 2. The summed E-state index contributed by atoms with van der Waals surface area (Å²) in [4.78, 5) is 8.26. The van der Waals surface area contributed by atoms with Gasteiger partial charge in [-0.1, -0.05) is 12.1 Å². The van der Waals surface area contributed by atoms with E-state index >= 15 is 0 Å². The van der Waals surface area contributed by atoms with E-state index in [0.717, 1.165) is 32.5 Å². The van der Waals surface area contributed by atoms with E-state index in [4.69, 9.17) is 9.47 Å². The molecule has 2 aromatic heterocycles. The van der Waals surface area contributed by atoms with E-state index in [1.165, 1.54) is 4.88 Å². The lowest BCUT2D eigenvalue weighted by Gasteiger charge is -2.40. The number of likely N-dealkylation sites (tertiary alicyclic amines) is 1. The third-order valence-corrected chi connectivity index (χ3v) is 5.35. The average molecular weight is 316 g/mol. The number of nitrogens with zero attached hydrogens (tertiary/aromatic N) is 2. The Kier molecular flexibility index (Phi) is 4.10. The van der Waals surface area contributed by atoms with Crippen LogP contribution in [-0.4, -0.2) is 41.3 Å². The van der Waals surface area contributed by atoms with Gasteiger partial charge in [0.15, 0.2) is 0 Å². The van der Waals surface area contributed by atoms with E-state index in [1.807, 2.05) is 29.5 Å². The molecule has 0 saturated carbocycles. The maximum Gasteiger partial charge on any atom is 0.213 e. The fourth-order valence-electron chi connectivity index (χ4n) is 3.47. The summed E-state index contributed by atoms with van der Waals surface area (Å²) in [5.41, 5.74) is 0. The number of aromatic nitrogens is 1. The second-order valence-corrected chi connectivity index (χ2v) is 6.89. The lowest BCUT2D eigenvalue weighted by Crippen LogP contribution is -2.53. The van der Waals surface area contributed by atoms with Crippen LogP contribution in [0, 0.1) is 0 Å². The lowest BCUT2D eigenvalue weighted by atomic mass is 9.95. The average Bonchev–Trinajstić information content (AvgIpc) is 3.22. The Labute approximate surface area is 134 Å². The number of piperidine rings is 1. The van der Waals surface area contributed by atoms with Crippen molar-refractivity contribution >= 4 is 11.3 Å². The molecule has 2 aliphatic rings. The van der Waals surface area contributed by atoms with Gasteiger partial charge in [0.2, 0.25) is 5.88 Å². The summed E-state index contributed by atoms with van der Waals surface area (Å²) >= 11 is 1.83. The summed E-state index contributed by atoms with van der Waals surface area (Å²) in [6.45, 7) is 2.91. The third kappa shape index (κ3) is 2.89. The number of hydrogen-bond acceptors (Lipinski definition) is 5. The number of pyridine rings is 1. The zero-order chi connectivity index (χ0) is 14.8. The fraction of sp³-hybridized carbons (Fsp3) is 0.471. The Morgan fingerprint density at radius 1 is 1.27 bits per heavy atom. The number of fused-ring (bicyclic) bond motifs is 1. The molecule has 0 radical (unpaired) electrons. The summed E-state index contributed by atoms with van der Waals surface area (Å²) < 4.78 is 12.1. The summed E-state index contributed by atoms with van der Waals surface area (Å²) in [6, 6.07) is 10.6. The van der Waals surface area contributed by atoms with Gasteiger partial charge in [-0.05, 0) is 30.4 Å². The maximum atomic E-state index is 6.09. The number of thiophene rings is 1. The first kappa shape index (κ1) is 14.2. The van der Waals surface area contributed by atoms with Crippen LogP contribution in [0.2, 0.25) is 0 Å². The highest BCUT2D eigenvalue weighted by atomic mass is 32.1. The normalized spacial score (nSPS) is 28.5. The molecule has 0 aromatic carbocycles. The molecule has 0 spiro atoms. The lowest BCUT2D eigenvalue weighted by molar-refractivity contribution is -0.0570. The molecule has 4 rings (SSSR count). The van der Waals surface area contributed by atoms with Crippen LogP contribution in [0.15, 0.2) is 41.9 Å². The van der Waals surface area contributed by atoms with E-state index in [0.29, 0.717) is 11.9 Å². The topological polar surface area (TPSA) is 34.6 Å². The molecule has 0 aliphatic carbocycles. The Morgan fingerprint density at radius 2 is 2.27 bits per heavy atom. The van der Waals surface area contributed by atoms with Gasteiger partial charge in [0.05, 0.1) is 0 Å². The van der Waals surface area contributed by atoms with Crippen molar-refractivity contribution in [1.29, 1.82) is 0 Å². The smallest absolute Gasteiger partial charge is 0.213 e. The highest BCUT2D eigenvalue weighted by molar-refractivity contribution is 7.09. The van der Waals surface area contributed by atoms with Crippen molar-refractivity contribution in [2.45, 2.75) is 37.6 Å². The van der Waals surface area contributed by atoms with Crippen LogP contribution in [0.4, 0.5) is 0 Å². The predicted octanol–water partition coefficient (Wildman–Crippen LogP) is 2.95. The van der Waals surface area contributed by atoms with Crippen molar-refractivity contribution in [2.75, 3.05) is 13.2 Å². The van der Waals surface area contributed by atoms with Gasteiger partial charge >= 0.3 is 0 Å². The molecule has 0 N–H and O–H groups in total. The van der Waals surface area contributed by atoms with Crippen LogP contribution in [0.25, 0.3) is 0 Å². The molecule has 4 heterocycles. The van der Waals surface area contributed by atoms with Crippen molar-refractivity contribution in [3.05, 3.63) is 46.8 Å². The van der Waals surface area contributed by atoms with Crippen LogP contribution in [-0.2, 0) is 11.3 Å². The first-order valence-electron chi connectivity index (χ1n) is 7.86. The summed E-state index contributed by atoms with van der Waals surface area (Å²) in [5, 5.41) is 2.15. The van der Waals surface area contributed by atoms with Gasteiger partial charge in [-0.15, -0.1) is 11.3 Å². The van der Waals surface area contributed by atoms with Crippen LogP contribution in [0.1, 0.15) is 17.7 Å². The first-order valence-corrected chi connectivity index (χ1v) is 8.74. The van der Waals surface area contributed by atoms with E-state index in [2.05, 4.69) is 27.4 Å².